The molecule has 0 aliphatic heterocycles. The number of hydrogen-bond donors (Lipinski definition) is 2. The highest BCUT2D eigenvalue weighted by molar-refractivity contribution is 7.92. The summed E-state index contributed by atoms with van der Waals surface area (Å²) in [4.78, 5) is 0. The van der Waals surface area contributed by atoms with Gasteiger partial charge >= 0.3 is 0 Å². The second-order valence-corrected chi connectivity index (χ2v) is 5.21. The molecule has 1 aromatic carbocycles. The summed E-state index contributed by atoms with van der Waals surface area (Å²) in [5.41, 5.74) is 0.0997. The van der Waals surface area contributed by atoms with E-state index in [9.17, 15) is 12.8 Å². The first-order valence-electron chi connectivity index (χ1n) is 4.46. The SMILES string of the molecule is O=S(=O)(Nc1ccc(F)cc1Cl)c1ccn[nH]1. The molecule has 2 N–H and O–H groups in total. The Bertz CT molecular complexity index is 628. The summed E-state index contributed by atoms with van der Waals surface area (Å²) in [7, 11) is -3.78. The fraction of sp³-hybridized carbons (Fsp3) is 0. The van der Waals surface area contributed by atoms with E-state index < -0.39 is 15.8 Å². The summed E-state index contributed by atoms with van der Waals surface area (Å²) in [6.07, 6.45) is 1.31. The fourth-order valence-electron chi connectivity index (χ4n) is 1.16. The molecule has 1 aromatic heterocycles. The number of nitrogens with zero attached hydrogens (tertiary/aromatic N) is 1. The number of aromatic nitrogens is 2. The van der Waals surface area contributed by atoms with Gasteiger partial charge in [-0.3, -0.25) is 9.82 Å². The summed E-state index contributed by atoms with van der Waals surface area (Å²) in [5.74, 6) is -0.542. The van der Waals surface area contributed by atoms with Crippen LogP contribution in [-0.2, 0) is 10.0 Å². The van der Waals surface area contributed by atoms with Gasteiger partial charge in [0.05, 0.1) is 16.9 Å². The molecule has 2 aromatic rings. The van der Waals surface area contributed by atoms with Crippen molar-refractivity contribution in [2.24, 2.45) is 0 Å². The molecule has 0 radical (unpaired) electrons. The molecule has 0 saturated heterocycles. The van der Waals surface area contributed by atoms with E-state index in [0.717, 1.165) is 12.1 Å². The van der Waals surface area contributed by atoms with E-state index in [1.54, 1.807) is 0 Å². The quantitative estimate of drug-likeness (QED) is 0.900. The van der Waals surface area contributed by atoms with Crippen molar-refractivity contribution in [2.75, 3.05) is 4.72 Å². The highest BCUT2D eigenvalue weighted by Gasteiger charge is 2.16. The monoisotopic (exact) mass is 275 g/mol. The van der Waals surface area contributed by atoms with Crippen molar-refractivity contribution in [1.29, 1.82) is 0 Å². The lowest BCUT2D eigenvalue weighted by Crippen LogP contribution is -2.13. The number of halogens is 2. The third-order valence-corrected chi connectivity index (χ3v) is 3.55. The van der Waals surface area contributed by atoms with E-state index in [1.165, 1.54) is 18.3 Å². The van der Waals surface area contributed by atoms with Crippen LogP contribution in [0, 0.1) is 5.82 Å². The molecule has 2 rings (SSSR count). The van der Waals surface area contributed by atoms with Gasteiger partial charge in [-0.2, -0.15) is 13.5 Å². The molecule has 0 saturated carbocycles. The van der Waals surface area contributed by atoms with Crippen molar-refractivity contribution < 1.29 is 12.8 Å². The molecule has 0 unspecified atom stereocenters. The van der Waals surface area contributed by atoms with Crippen LogP contribution in [0.5, 0.6) is 0 Å². The molecule has 1 heterocycles. The van der Waals surface area contributed by atoms with Gasteiger partial charge in [-0.25, -0.2) is 4.39 Å². The molecule has 0 amide bonds. The Labute approximate surface area is 102 Å². The van der Waals surface area contributed by atoms with Gasteiger partial charge in [-0.05, 0) is 24.3 Å². The molecular weight excluding hydrogens is 269 g/mol. The minimum absolute atomic E-state index is 0.0203. The molecule has 8 heteroatoms. The van der Waals surface area contributed by atoms with E-state index >= 15 is 0 Å². The molecule has 0 aliphatic rings. The van der Waals surface area contributed by atoms with Crippen molar-refractivity contribution in [3.8, 4) is 0 Å². The maximum atomic E-state index is 12.8. The smallest absolute Gasteiger partial charge is 0.277 e. The van der Waals surface area contributed by atoms with Crippen LogP contribution in [-0.4, -0.2) is 18.6 Å². The zero-order valence-electron chi connectivity index (χ0n) is 8.31. The first-order chi connectivity index (χ1) is 7.99. The van der Waals surface area contributed by atoms with Gasteiger partial charge in [-0.15, -0.1) is 0 Å². The topological polar surface area (TPSA) is 74.8 Å². The van der Waals surface area contributed by atoms with Gasteiger partial charge in [0, 0.05) is 0 Å². The van der Waals surface area contributed by atoms with Crippen LogP contribution in [0.3, 0.4) is 0 Å². The maximum absolute atomic E-state index is 12.8. The second-order valence-electron chi connectivity index (χ2n) is 3.15. The highest BCUT2D eigenvalue weighted by Crippen LogP contribution is 2.24. The summed E-state index contributed by atoms with van der Waals surface area (Å²) < 4.78 is 38.5. The Morgan fingerprint density at radius 2 is 2.12 bits per heavy atom. The lowest BCUT2D eigenvalue weighted by Gasteiger charge is -2.07. The molecule has 17 heavy (non-hydrogen) atoms. The minimum Gasteiger partial charge on any atom is -0.277 e. The number of nitrogens with one attached hydrogen (secondary N) is 2. The van der Waals surface area contributed by atoms with Crippen LogP contribution < -0.4 is 4.72 Å². The Morgan fingerprint density at radius 1 is 1.35 bits per heavy atom. The Kier molecular flexibility index (Phi) is 3.03. The fourth-order valence-corrected chi connectivity index (χ4v) is 2.43. The predicted octanol–water partition coefficient (Wildman–Crippen LogP) is 2.00. The highest BCUT2D eigenvalue weighted by atomic mass is 35.5. The van der Waals surface area contributed by atoms with Crippen LogP contribution >= 0.6 is 11.6 Å². The molecule has 0 aliphatic carbocycles. The number of H-pyrrole nitrogens is 1. The summed E-state index contributed by atoms with van der Waals surface area (Å²) in [5, 5.41) is 5.72. The van der Waals surface area contributed by atoms with Gasteiger partial charge < -0.3 is 0 Å². The number of aromatic amines is 1. The standard InChI is InChI=1S/C9H7ClFN3O2S/c10-7-5-6(11)1-2-8(7)14-17(15,16)9-3-4-12-13-9/h1-5,14H,(H,12,13). The predicted molar refractivity (Wildman–Crippen MR) is 60.8 cm³/mol. The number of anilines is 1. The van der Waals surface area contributed by atoms with Gasteiger partial charge in [-0.1, -0.05) is 11.6 Å². The average molecular weight is 276 g/mol. The molecule has 0 fully saturated rings. The lowest BCUT2D eigenvalue weighted by molar-refractivity contribution is 0.597. The minimum atomic E-state index is -3.78. The first-order valence-corrected chi connectivity index (χ1v) is 6.32. The largest absolute Gasteiger partial charge is 0.278 e. The summed E-state index contributed by atoms with van der Waals surface area (Å²) >= 11 is 5.70. The van der Waals surface area contributed by atoms with Crippen molar-refractivity contribution in [3.63, 3.8) is 0 Å². The number of sulfonamides is 1. The number of benzene rings is 1. The third kappa shape index (κ3) is 2.56. The summed E-state index contributed by atoms with van der Waals surface area (Å²) in [6, 6.07) is 4.66. The Hall–Kier alpha value is -1.60. The van der Waals surface area contributed by atoms with Crippen molar-refractivity contribution in [1.82, 2.24) is 10.2 Å². The molecule has 0 bridgehead atoms. The van der Waals surface area contributed by atoms with Crippen molar-refractivity contribution in [3.05, 3.63) is 41.3 Å². The van der Waals surface area contributed by atoms with Gasteiger partial charge in [0.15, 0.2) is 5.03 Å². The molecular formula is C9H7ClFN3O2S. The van der Waals surface area contributed by atoms with E-state index in [4.69, 9.17) is 11.6 Å². The summed E-state index contributed by atoms with van der Waals surface area (Å²) in [6.45, 7) is 0. The number of rotatable bonds is 3. The second kappa shape index (κ2) is 4.34. The van der Waals surface area contributed by atoms with Crippen LogP contribution in [0.15, 0.2) is 35.5 Å². The van der Waals surface area contributed by atoms with Crippen LogP contribution in [0.4, 0.5) is 10.1 Å². The Balaban J connectivity index is 2.33. The average Bonchev–Trinajstić information content (AvgIpc) is 2.76. The van der Waals surface area contributed by atoms with E-state index in [1.807, 2.05) is 0 Å². The first kappa shape index (κ1) is 11.9. The van der Waals surface area contributed by atoms with E-state index in [2.05, 4.69) is 14.9 Å². The zero-order valence-corrected chi connectivity index (χ0v) is 9.89. The van der Waals surface area contributed by atoms with Crippen molar-refractivity contribution in [2.45, 2.75) is 5.03 Å². The van der Waals surface area contributed by atoms with Crippen LogP contribution in [0.1, 0.15) is 0 Å². The van der Waals surface area contributed by atoms with Crippen LogP contribution in [0.2, 0.25) is 5.02 Å². The zero-order chi connectivity index (χ0) is 12.5. The molecule has 0 spiro atoms. The van der Waals surface area contributed by atoms with Crippen molar-refractivity contribution >= 4 is 27.3 Å². The molecule has 0 atom stereocenters. The normalized spacial score (nSPS) is 11.4. The van der Waals surface area contributed by atoms with Gasteiger partial charge in [0.1, 0.15) is 5.82 Å². The third-order valence-electron chi connectivity index (χ3n) is 1.94. The molecule has 5 nitrogen and oxygen atoms in total. The molecule has 90 valence electrons. The number of hydrogen-bond acceptors (Lipinski definition) is 3. The van der Waals surface area contributed by atoms with Gasteiger partial charge in [0.2, 0.25) is 0 Å². The van der Waals surface area contributed by atoms with Crippen LogP contribution in [0.25, 0.3) is 0 Å². The van der Waals surface area contributed by atoms with E-state index in [0.29, 0.717) is 0 Å². The Morgan fingerprint density at radius 3 is 2.71 bits per heavy atom. The lowest BCUT2D eigenvalue weighted by atomic mass is 10.3. The van der Waals surface area contributed by atoms with E-state index in [-0.39, 0.29) is 15.7 Å². The van der Waals surface area contributed by atoms with Gasteiger partial charge in [0.25, 0.3) is 10.0 Å². The maximum Gasteiger partial charge on any atom is 0.278 e.